The normalized spacial score (nSPS) is 50.0. The number of hydrogen-bond donors (Lipinski definition) is 2. The molecule has 1 aliphatic heterocycles. The number of hydrogen-bond acceptors (Lipinski definition) is 6. The first-order valence-electron chi connectivity index (χ1n) is 10.7. The predicted octanol–water partition coefficient (Wildman–Crippen LogP) is 1.99. The Kier molecular flexibility index (Phi) is 3.89. The Morgan fingerprint density at radius 1 is 1.38 bits per heavy atom. The minimum Gasteiger partial charge on any atom is -0.475 e. The van der Waals surface area contributed by atoms with Gasteiger partial charge in [-0.3, -0.25) is 9.59 Å². The lowest BCUT2D eigenvalue weighted by Crippen LogP contribution is -2.62. The maximum Gasteiger partial charge on any atom is 0.190 e. The molecule has 156 valence electrons. The highest BCUT2D eigenvalue weighted by atomic mass is 16.5. The summed E-state index contributed by atoms with van der Waals surface area (Å²) in [6.45, 7) is 5.38. The van der Waals surface area contributed by atoms with E-state index >= 15 is 0 Å². The Bertz CT molecular complexity index is 890. The van der Waals surface area contributed by atoms with Crippen molar-refractivity contribution in [2.45, 2.75) is 64.2 Å². The molecule has 0 spiro atoms. The Morgan fingerprint density at radius 3 is 2.86 bits per heavy atom. The van der Waals surface area contributed by atoms with Crippen LogP contribution in [0.15, 0.2) is 28.8 Å². The second-order valence-electron chi connectivity index (χ2n) is 10.0. The third-order valence-corrected chi connectivity index (χ3v) is 8.91. The fourth-order valence-corrected chi connectivity index (χ4v) is 7.81. The Labute approximate surface area is 170 Å². The molecular weight excluding hydrogens is 370 g/mol. The summed E-state index contributed by atoms with van der Waals surface area (Å²) >= 11 is 0. The van der Waals surface area contributed by atoms with Gasteiger partial charge < -0.3 is 14.9 Å². The number of aliphatic hydroxyl groups excluding tert-OH is 2. The van der Waals surface area contributed by atoms with Crippen LogP contribution < -0.4 is 0 Å². The molecule has 0 aromatic rings. The number of fused-ring (bicyclic) bond motifs is 7. The second kappa shape index (κ2) is 5.88. The lowest BCUT2D eigenvalue weighted by atomic mass is 9.46. The van der Waals surface area contributed by atoms with Crippen LogP contribution in [0.3, 0.4) is 0 Å². The highest BCUT2D eigenvalue weighted by Gasteiger charge is 2.74. The molecule has 0 saturated heterocycles. The molecule has 1 heterocycles. The quantitative estimate of drug-likeness (QED) is 0.740. The van der Waals surface area contributed by atoms with Crippen molar-refractivity contribution in [2.24, 2.45) is 33.6 Å². The summed E-state index contributed by atoms with van der Waals surface area (Å²) in [6, 6.07) is 0. The van der Waals surface area contributed by atoms with Gasteiger partial charge in [0.2, 0.25) is 0 Å². The standard InChI is InChI=1S/C23H29NO5/c1-12-24-23(18(28)11-25)19(29-12)9-16-15-5-4-13-8-14(26)6-7-21(13,2)20(15)17(27)10-22(16,23)3/h6-8,15-17,19-20,25,27H,4-5,9-11H2,1-3H3/t15?,16?,17?,19-,20?,21+,22+,23-/m1/s1. The molecule has 2 N–H and O–H groups in total. The molecule has 0 aromatic heterocycles. The van der Waals surface area contributed by atoms with Crippen molar-refractivity contribution in [3.8, 4) is 0 Å². The first-order valence-corrected chi connectivity index (χ1v) is 10.7. The molecule has 29 heavy (non-hydrogen) atoms. The van der Waals surface area contributed by atoms with Gasteiger partial charge in [-0.25, -0.2) is 4.99 Å². The fourth-order valence-electron chi connectivity index (χ4n) is 7.81. The van der Waals surface area contributed by atoms with Gasteiger partial charge in [-0.1, -0.05) is 25.5 Å². The van der Waals surface area contributed by atoms with E-state index in [4.69, 9.17) is 9.73 Å². The molecule has 0 radical (unpaired) electrons. The molecule has 6 nitrogen and oxygen atoms in total. The summed E-state index contributed by atoms with van der Waals surface area (Å²) in [5, 5.41) is 21.2. The fraction of sp³-hybridized carbons (Fsp3) is 0.696. The van der Waals surface area contributed by atoms with E-state index in [2.05, 4.69) is 13.8 Å². The summed E-state index contributed by atoms with van der Waals surface area (Å²) in [7, 11) is 0. The van der Waals surface area contributed by atoms with Crippen molar-refractivity contribution in [1.29, 1.82) is 0 Å². The Morgan fingerprint density at radius 2 is 2.14 bits per heavy atom. The third kappa shape index (κ3) is 2.17. The van der Waals surface area contributed by atoms with Crippen LogP contribution in [0.25, 0.3) is 0 Å². The molecule has 4 aliphatic carbocycles. The van der Waals surface area contributed by atoms with Gasteiger partial charge in [-0.2, -0.15) is 0 Å². The van der Waals surface area contributed by atoms with Crippen LogP contribution in [0.2, 0.25) is 0 Å². The molecule has 5 rings (SSSR count). The zero-order valence-electron chi connectivity index (χ0n) is 17.2. The van der Waals surface area contributed by atoms with Gasteiger partial charge in [-0.15, -0.1) is 0 Å². The number of aliphatic imine (C=N–C) groups is 1. The van der Waals surface area contributed by atoms with Crippen molar-refractivity contribution in [2.75, 3.05) is 6.61 Å². The topological polar surface area (TPSA) is 96.2 Å². The maximum atomic E-state index is 13.0. The summed E-state index contributed by atoms with van der Waals surface area (Å²) in [6.07, 6.45) is 7.20. The second-order valence-corrected chi connectivity index (χ2v) is 10.0. The van der Waals surface area contributed by atoms with E-state index in [0.717, 1.165) is 18.4 Å². The molecule has 5 aliphatic rings. The zero-order valence-corrected chi connectivity index (χ0v) is 17.2. The molecular formula is C23H29NO5. The SMILES string of the molecule is CC1=N[C@]2(C(=O)CO)[C@@H](CC3C4CCC5=CC(=O)C=C[C@]5(C)C4C(O)C[C@@]32C)O1. The molecule has 3 fully saturated rings. The van der Waals surface area contributed by atoms with Gasteiger partial charge in [-0.05, 0) is 49.7 Å². The summed E-state index contributed by atoms with van der Waals surface area (Å²) in [4.78, 5) is 29.7. The first-order chi connectivity index (χ1) is 13.7. The van der Waals surface area contributed by atoms with Crippen LogP contribution in [-0.4, -0.2) is 52.0 Å². The van der Waals surface area contributed by atoms with Crippen LogP contribution in [0, 0.1) is 28.6 Å². The molecule has 0 bridgehead atoms. The van der Waals surface area contributed by atoms with E-state index in [1.165, 1.54) is 0 Å². The highest BCUT2D eigenvalue weighted by Crippen LogP contribution is 2.69. The van der Waals surface area contributed by atoms with E-state index in [-0.39, 0.29) is 40.8 Å². The predicted molar refractivity (Wildman–Crippen MR) is 106 cm³/mol. The van der Waals surface area contributed by atoms with Crippen molar-refractivity contribution < 1.29 is 24.5 Å². The lowest BCUT2D eigenvalue weighted by Gasteiger charge is -2.59. The Balaban J connectivity index is 1.61. The number of ether oxygens (including phenoxy) is 1. The smallest absolute Gasteiger partial charge is 0.190 e. The molecule has 8 atom stereocenters. The van der Waals surface area contributed by atoms with Crippen molar-refractivity contribution in [3.63, 3.8) is 0 Å². The number of Topliss-reactive ketones (excluding diaryl/α,β-unsaturated/α-hetero) is 1. The Hall–Kier alpha value is -1.79. The molecule has 6 heteroatoms. The number of nitrogens with zero attached hydrogens (tertiary/aromatic N) is 1. The maximum absolute atomic E-state index is 13.0. The lowest BCUT2D eigenvalue weighted by molar-refractivity contribution is -0.146. The van der Waals surface area contributed by atoms with Crippen molar-refractivity contribution >= 4 is 17.5 Å². The summed E-state index contributed by atoms with van der Waals surface area (Å²) in [5.41, 5.74) is -0.915. The molecule has 0 amide bonds. The third-order valence-electron chi connectivity index (χ3n) is 8.91. The highest BCUT2D eigenvalue weighted by molar-refractivity contribution is 6.01. The monoisotopic (exact) mass is 399 g/mol. The van der Waals surface area contributed by atoms with Gasteiger partial charge in [0.1, 0.15) is 12.7 Å². The molecule has 3 saturated carbocycles. The minimum absolute atomic E-state index is 0.00453. The first kappa shape index (κ1) is 19.2. The zero-order chi connectivity index (χ0) is 20.8. The summed E-state index contributed by atoms with van der Waals surface area (Å²) < 4.78 is 6.00. The van der Waals surface area contributed by atoms with E-state index in [9.17, 15) is 19.8 Å². The van der Waals surface area contributed by atoms with Crippen LogP contribution in [0.4, 0.5) is 0 Å². The summed E-state index contributed by atoms with van der Waals surface area (Å²) in [5.74, 6) is 0.570. The van der Waals surface area contributed by atoms with Gasteiger partial charge in [0.25, 0.3) is 0 Å². The van der Waals surface area contributed by atoms with Crippen LogP contribution in [0.5, 0.6) is 0 Å². The van der Waals surface area contributed by atoms with E-state index in [0.29, 0.717) is 18.7 Å². The van der Waals surface area contributed by atoms with Gasteiger partial charge >= 0.3 is 0 Å². The number of ketones is 2. The van der Waals surface area contributed by atoms with E-state index in [1.54, 1.807) is 19.1 Å². The number of aliphatic hydroxyl groups is 2. The van der Waals surface area contributed by atoms with E-state index in [1.807, 2.05) is 6.08 Å². The van der Waals surface area contributed by atoms with Crippen molar-refractivity contribution in [1.82, 2.24) is 0 Å². The average Bonchev–Trinajstić information content (AvgIpc) is 3.12. The number of carbonyl (C=O) groups excluding carboxylic acids is 2. The van der Waals surface area contributed by atoms with Gasteiger partial charge in [0.15, 0.2) is 23.0 Å². The molecule has 4 unspecified atom stereocenters. The van der Waals surface area contributed by atoms with Crippen LogP contribution in [0.1, 0.15) is 46.5 Å². The minimum atomic E-state index is -1.11. The van der Waals surface area contributed by atoms with Gasteiger partial charge in [0.05, 0.1) is 6.10 Å². The molecule has 0 aromatic carbocycles. The van der Waals surface area contributed by atoms with E-state index < -0.39 is 23.7 Å². The van der Waals surface area contributed by atoms with Crippen LogP contribution in [-0.2, 0) is 14.3 Å². The number of carbonyl (C=O) groups is 2. The average molecular weight is 399 g/mol. The van der Waals surface area contributed by atoms with Crippen molar-refractivity contribution in [3.05, 3.63) is 23.8 Å². The number of allylic oxidation sites excluding steroid dienone is 4. The largest absolute Gasteiger partial charge is 0.475 e. The van der Waals surface area contributed by atoms with Crippen LogP contribution >= 0.6 is 0 Å². The number of rotatable bonds is 2. The van der Waals surface area contributed by atoms with Gasteiger partial charge in [0, 0.05) is 23.7 Å².